The SMILES string of the molecule is Cc1cccc(NC(=O)N2CCC3NCCC3C2)c1. The number of nitrogens with one attached hydrogen (secondary N) is 2. The standard InChI is InChI=1S/C15H21N3O/c1-11-3-2-4-13(9-11)17-15(19)18-8-6-14-12(10-18)5-7-16-14/h2-4,9,12,14,16H,5-8,10H2,1H3,(H,17,19). The van der Waals surface area contributed by atoms with Crippen molar-refractivity contribution >= 4 is 11.7 Å². The molecule has 4 heteroatoms. The Labute approximate surface area is 114 Å². The van der Waals surface area contributed by atoms with Crippen LogP contribution < -0.4 is 10.6 Å². The summed E-state index contributed by atoms with van der Waals surface area (Å²) < 4.78 is 0. The van der Waals surface area contributed by atoms with Crippen molar-refractivity contribution in [2.75, 3.05) is 25.0 Å². The van der Waals surface area contributed by atoms with Gasteiger partial charge in [-0.2, -0.15) is 0 Å². The second-order valence-corrected chi connectivity index (χ2v) is 5.64. The van der Waals surface area contributed by atoms with Crippen LogP contribution in [0.5, 0.6) is 0 Å². The Balaban J connectivity index is 1.61. The molecule has 2 aliphatic rings. The van der Waals surface area contributed by atoms with Crippen LogP contribution in [0.25, 0.3) is 0 Å². The van der Waals surface area contributed by atoms with Crippen molar-refractivity contribution in [1.29, 1.82) is 0 Å². The third-order valence-corrected chi connectivity index (χ3v) is 4.21. The number of carbonyl (C=O) groups excluding carboxylic acids is 1. The molecule has 2 atom stereocenters. The first kappa shape index (κ1) is 12.5. The fourth-order valence-electron chi connectivity index (χ4n) is 3.16. The molecule has 0 spiro atoms. The lowest BCUT2D eigenvalue weighted by Gasteiger charge is -2.34. The molecule has 2 heterocycles. The smallest absolute Gasteiger partial charge is 0.321 e. The molecule has 0 aliphatic carbocycles. The van der Waals surface area contributed by atoms with E-state index < -0.39 is 0 Å². The van der Waals surface area contributed by atoms with E-state index in [4.69, 9.17) is 0 Å². The van der Waals surface area contributed by atoms with E-state index in [2.05, 4.69) is 10.6 Å². The van der Waals surface area contributed by atoms with Gasteiger partial charge in [0.05, 0.1) is 0 Å². The number of aryl methyl sites for hydroxylation is 1. The number of piperidine rings is 1. The van der Waals surface area contributed by atoms with Crippen LogP contribution in [0.4, 0.5) is 10.5 Å². The maximum atomic E-state index is 12.3. The number of anilines is 1. The van der Waals surface area contributed by atoms with E-state index >= 15 is 0 Å². The van der Waals surface area contributed by atoms with Crippen LogP contribution >= 0.6 is 0 Å². The van der Waals surface area contributed by atoms with E-state index in [1.807, 2.05) is 36.1 Å². The summed E-state index contributed by atoms with van der Waals surface area (Å²) in [4.78, 5) is 14.2. The van der Waals surface area contributed by atoms with Gasteiger partial charge in [0.25, 0.3) is 0 Å². The molecule has 0 radical (unpaired) electrons. The van der Waals surface area contributed by atoms with Gasteiger partial charge in [0, 0.05) is 24.8 Å². The van der Waals surface area contributed by atoms with Gasteiger partial charge < -0.3 is 15.5 Å². The Bertz CT molecular complexity index is 474. The summed E-state index contributed by atoms with van der Waals surface area (Å²) in [5.41, 5.74) is 2.05. The lowest BCUT2D eigenvalue weighted by atomic mass is 9.93. The first-order valence-corrected chi connectivity index (χ1v) is 7.08. The minimum absolute atomic E-state index is 0.0379. The van der Waals surface area contributed by atoms with Crippen molar-refractivity contribution in [2.24, 2.45) is 5.92 Å². The van der Waals surface area contributed by atoms with Gasteiger partial charge in [-0.15, -0.1) is 0 Å². The van der Waals surface area contributed by atoms with Crippen molar-refractivity contribution < 1.29 is 4.79 Å². The highest BCUT2D eigenvalue weighted by Crippen LogP contribution is 2.25. The lowest BCUT2D eigenvalue weighted by Crippen LogP contribution is -2.48. The minimum atomic E-state index is 0.0379. The second kappa shape index (κ2) is 5.21. The average Bonchev–Trinajstić information content (AvgIpc) is 2.85. The molecule has 2 unspecified atom stereocenters. The zero-order valence-corrected chi connectivity index (χ0v) is 11.4. The van der Waals surface area contributed by atoms with Crippen LogP contribution in [0, 0.1) is 12.8 Å². The number of hydrogen-bond donors (Lipinski definition) is 2. The lowest BCUT2D eigenvalue weighted by molar-refractivity contribution is 0.170. The molecule has 2 amide bonds. The van der Waals surface area contributed by atoms with E-state index in [9.17, 15) is 4.79 Å². The van der Waals surface area contributed by atoms with E-state index in [1.165, 1.54) is 6.42 Å². The number of fused-ring (bicyclic) bond motifs is 1. The Morgan fingerprint density at radius 3 is 3.16 bits per heavy atom. The highest BCUT2D eigenvalue weighted by molar-refractivity contribution is 5.89. The maximum Gasteiger partial charge on any atom is 0.321 e. The number of amides is 2. The number of urea groups is 1. The number of likely N-dealkylation sites (tertiary alicyclic amines) is 1. The van der Waals surface area contributed by atoms with Gasteiger partial charge >= 0.3 is 6.03 Å². The van der Waals surface area contributed by atoms with Gasteiger partial charge in [0.1, 0.15) is 0 Å². The average molecular weight is 259 g/mol. The topological polar surface area (TPSA) is 44.4 Å². The van der Waals surface area contributed by atoms with Gasteiger partial charge in [0.2, 0.25) is 0 Å². The van der Waals surface area contributed by atoms with Gasteiger partial charge in [-0.05, 0) is 49.9 Å². The Kier molecular flexibility index (Phi) is 3.42. The summed E-state index contributed by atoms with van der Waals surface area (Å²) in [6, 6.07) is 8.61. The Morgan fingerprint density at radius 2 is 2.32 bits per heavy atom. The quantitative estimate of drug-likeness (QED) is 0.812. The van der Waals surface area contributed by atoms with Gasteiger partial charge in [-0.1, -0.05) is 12.1 Å². The van der Waals surface area contributed by atoms with Crippen LogP contribution in [0.1, 0.15) is 18.4 Å². The number of hydrogen-bond acceptors (Lipinski definition) is 2. The van der Waals surface area contributed by atoms with Crippen LogP contribution in [-0.2, 0) is 0 Å². The molecule has 4 nitrogen and oxygen atoms in total. The highest BCUT2D eigenvalue weighted by atomic mass is 16.2. The monoisotopic (exact) mass is 259 g/mol. The molecule has 1 aromatic carbocycles. The van der Waals surface area contributed by atoms with E-state index in [1.54, 1.807) is 0 Å². The fourth-order valence-corrected chi connectivity index (χ4v) is 3.16. The van der Waals surface area contributed by atoms with E-state index in [0.29, 0.717) is 12.0 Å². The minimum Gasteiger partial charge on any atom is -0.324 e. The molecule has 102 valence electrons. The summed E-state index contributed by atoms with van der Waals surface area (Å²) in [7, 11) is 0. The molecule has 19 heavy (non-hydrogen) atoms. The predicted octanol–water partition coefficient (Wildman–Crippen LogP) is 2.21. The molecular weight excluding hydrogens is 238 g/mol. The van der Waals surface area contributed by atoms with Crippen LogP contribution in [0.15, 0.2) is 24.3 Å². The molecule has 2 saturated heterocycles. The number of benzene rings is 1. The summed E-state index contributed by atoms with van der Waals surface area (Å²) in [5.74, 6) is 0.636. The van der Waals surface area contributed by atoms with Crippen molar-refractivity contribution in [1.82, 2.24) is 10.2 Å². The van der Waals surface area contributed by atoms with Crippen LogP contribution in [0.2, 0.25) is 0 Å². The zero-order chi connectivity index (χ0) is 13.2. The summed E-state index contributed by atoms with van der Waals surface area (Å²) >= 11 is 0. The van der Waals surface area contributed by atoms with Gasteiger partial charge in [0.15, 0.2) is 0 Å². The fraction of sp³-hybridized carbons (Fsp3) is 0.533. The third kappa shape index (κ3) is 2.73. The highest BCUT2D eigenvalue weighted by Gasteiger charge is 2.34. The van der Waals surface area contributed by atoms with Crippen LogP contribution in [-0.4, -0.2) is 36.6 Å². The molecule has 3 rings (SSSR count). The molecule has 2 fully saturated rings. The Morgan fingerprint density at radius 1 is 1.42 bits per heavy atom. The van der Waals surface area contributed by atoms with Crippen molar-refractivity contribution in [2.45, 2.75) is 25.8 Å². The van der Waals surface area contributed by atoms with Crippen molar-refractivity contribution in [3.8, 4) is 0 Å². The van der Waals surface area contributed by atoms with E-state index in [0.717, 1.165) is 37.3 Å². The molecule has 1 aromatic rings. The van der Waals surface area contributed by atoms with Crippen molar-refractivity contribution in [3.05, 3.63) is 29.8 Å². The largest absolute Gasteiger partial charge is 0.324 e. The number of nitrogens with zero attached hydrogens (tertiary/aromatic N) is 1. The molecule has 2 aliphatic heterocycles. The molecule has 0 saturated carbocycles. The molecule has 0 aromatic heterocycles. The van der Waals surface area contributed by atoms with Gasteiger partial charge in [-0.3, -0.25) is 0 Å². The number of rotatable bonds is 1. The summed E-state index contributed by atoms with van der Waals surface area (Å²) in [5, 5.41) is 6.52. The molecular formula is C15H21N3O. The van der Waals surface area contributed by atoms with Crippen LogP contribution in [0.3, 0.4) is 0 Å². The van der Waals surface area contributed by atoms with E-state index in [-0.39, 0.29) is 6.03 Å². The van der Waals surface area contributed by atoms with Gasteiger partial charge in [-0.25, -0.2) is 4.79 Å². The Hall–Kier alpha value is -1.55. The van der Waals surface area contributed by atoms with Crippen molar-refractivity contribution in [3.63, 3.8) is 0 Å². The number of carbonyl (C=O) groups is 1. The summed E-state index contributed by atoms with van der Waals surface area (Å²) in [6.45, 7) is 4.87. The summed E-state index contributed by atoms with van der Waals surface area (Å²) in [6.07, 6.45) is 2.27. The maximum absolute atomic E-state index is 12.3. The second-order valence-electron chi connectivity index (χ2n) is 5.64. The zero-order valence-electron chi connectivity index (χ0n) is 11.4. The molecule has 2 N–H and O–H groups in total. The first-order valence-electron chi connectivity index (χ1n) is 7.08. The normalized spacial score (nSPS) is 26.1. The molecule has 0 bridgehead atoms. The predicted molar refractivity (Wildman–Crippen MR) is 76.3 cm³/mol. The first-order chi connectivity index (χ1) is 9.22. The third-order valence-electron chi connectivity index (χ3n) is 4.21.